The monoisotopic (exact) mass is 249 g/mol. The third kappa shape index (κ3) is 4.80. The maximum atomic E-state index is 11.5. The van der Waals surface area contributed by atoms with Gasteiger partial charge in [0, 0.05) is 6.54 Å². The highest BCUT2D eigenvalue weighted by molar-refractivity contribution is 7.89. The van der Waals surface area contributed by atoms with Crippen molar-refractivity contribution >= 4 is 10.0 Å². The number of aliphatic hydroxyl groups excluding tert-OH is 1. The molecule has 0 aromatic rings. The van der Waals surface area contributed by atoms with E-state index < -0.39 is 16.1 Å². The third-order valence-electron chi connectivity index (χ3n) is 3.22. The van der Waals surface area contributed by atoms with Gasteiger partial charge in [0.05, 0.1) is 11.9 Å². The van der Waals surface area contributed by atoms with Crippen molar-refractivity contribution in [2.24, 2.45) is 5.92 Å². The summed E-state index contributed by atoms with van der Waals surface area (Å²) < 4.78 is 25.5. The molecule has 0 heterocycles. The van der Waals surface area contributed by atoms with Gasteiger partial charge in [0.2, 0.25) is 10.0 Å². The molecule has 0 bridgehead atoms. The van der Waals surface area contributed by atoms with Crippen molar-refractivity contribution in [3.05, 3.63) is 0 Å². The molecular weight excluding hydrogens is 226 g/mol. The molecule has 0 spiro atoms. The van der Waals surface area contributed by atoms with Crippen molar-refractivity contribution in [1.82, 2.24) is 4.72 Å². The van der Waals surface area contributed by atoms with Crippen molar-refractivity contribution in [3.63, 3.8) is 0 Å². The van der Waals surface area contributed by atoms with Crippen molar-refractivity contribution in [2.75, 3.05) is 12.3 Å². The molecule has 0 amide bonds. The summed E-state index contributed by atoms with van der Waals surface area (Å²) >= 11 is 0. The molecule has 0 aromatic carbocycles. The van der Waals surface area contributed by atoms with E-state index in [-0.39, 0.29) is 18.2 Å². The number of aliphatic hydroxyl groups is 1. The molecule has 16 heavy (non-hydrogen) atoms. The van der Waals surface area contributed by atoms with Crippen molar-refractivity contribution in [1.29, 1.82) is 0 Å². The quantitative estimate of drug-likeness (QED) is 0.714. The topological polar surface area (TPSA) is 66.4 Å². The van der Waals surface area contributed by atoms with Gasteiger partial charge in [-0.05, 0) is 25.2 Å². The molecule has 2 N–H and O–H groups in total. The van der Waals surface area contributed by atoms with Gasteiger partial charge < -0.3 is 5.11 Å². The molecule has 1 saturated carbocycles. The Balaban J connectivity index is 2.27. The van der Waals surface area contributed by atoms with E-state index in [9.17, 15) is 13.5 Å². The maximum absolute atomic E-state index is 11.5. The second-order valence-electron chi connectivity index (χ2n) is 4.63. The second kappa shape index (κ2) is 6.57. The second-order valence-corrected chi connectivity index (χ2v) is 6.56. The summed E-state index contributed by atoms with van der Waals surface area (Å²) in [6.45, 7) is 2.14. The van der Waals surface area contributed by atoms with Gasteiger partial charge in [0.15, 0.2) is 0 Å². The highest BCUT2D eigenvalue weighted by atomic mass is 32.2. The summed E-state index contributed by atoms with van der Waals surface area (Å²) in [5.74, 6) is 0.454. The Bertz CT molecular complexity index is 284. The fourth-order valence-corrected chi connectivity index (χ4v) is 3.37. The summed E-state index contributed by atoms with van der Waals surface area (Å²) in [4.78, 5) is 0. The Kier molecular flexibility index (Phi) is 5.72. The zero-order valence-electron chi connectivity index (χ0n) is 9.98. The first kappa shape index (κ1) is 13.9. The van der Waals surface area contributed by atoms with Gasteiger partial charge >= 0.3 is 0 Å². The fourth-order valence-electron chi connectivity index (χ4n) is 2.13. The van der Waals surface area contributed by atoms with Crippen molar-refractivity contribution < 1.29 is 13.5 Å². The number of hydrogen-bond acceptors (Lipinski definition) is 3. The first-order valence-electron chi connectivity index (χ1n) is 6.20. The van der Waals surface area contributed by atoms with Crippen LogP contribution in [-0.2, 0) is 10.0 Å². The van der Waals surface area contributed by atoms with Gasteiger partial charge in [-0.1, -0.05) is 26.2 Å². The summed E-state index contributed by atoms with van der Waals surface area (Å²) in [6, 6.07) is 0. The molecule has 0 radical (unpaired) electrons. The van der Waals surface area contributed by atoms with Crippen LogP contribution in [0.4, 0.5) is 0 Å². The lowest BCUT2D eigenvalue weighted by atomic mass is 10.0. The molecule has 0 aliphatic heterocycles. The van der Waals surface area contributed by atoms with E-state index in [1.807, 2.05) is 6.92 Å². The van der Waals surface area contributed by atoms with E-state index in [4.69, 9.17) is 0 Å². The van der Waals surface area contributed by atoms with Crippen LogP contribution in [0, 0.1) is 5.92 Å². The summed E-state index contributed by atoms with van der Waals surface area (Å²) in [7, 11) is -3.18. The average Bonchev–Trinajstić information content (AvgIpc) is 2.77. The maximum Gasteiger partial charge on any atom is 0.211 e. The Morgan fingerprint density at radius 1 is 1.38 bits per heavy atom. The van der Waals surface area contributed by atoms with Crippen LogP contribution < -0.4 is 4.72 Å². The Morgan fingerprint density at radius 2 is 2.00 bits per heavy atom. The lowest BCUT2D eigenvalue weighted by molar-refractivity contribution is 0.115. The molecule has 0 unspecified atom stereocenters. The molecule has 5 heteroatoms. The average molecular weight is 249 g/mol. The van der Waals surface area contributed by atoms with Crippen LogP contribution in [0.15, 0.2) is 0 Å². The fraction of sp³-hybridized carbons (Fsp3) is 1.00. The van der Waals surface area contributed by atoms with Crippen LogP contribution in [0.3, 0.4) is 0 Å². The highest BCUT2D eigenvalue weighted by Gasteiger charge is 2.24. The molecule has 1 fully saturated rings. The van der Waals surface area contributed by atoms with E-state index in [1.165, 1.54) is 0 Å². The Labute approximate surface area is 98.5 Å². The predicted molar refractivity (Wildman–Crippen MR) is 64.7 cm³/mol. The number of hydrogen-bond donors (Lipinski definition) is 2. The lowest BCUT2D eigenvalue weighted by Crippen LogP contribution is -2.36. The minimum absolute atomic E-state index is 0.168. The third-order valence-corrected chi connectivity index (χ3v) is 4.66. The molecule has 96 valence electrons. The minimum atomic E-state index is -3.18. The predicted octanol–water partition coefficient (Wildman–Crippen LogP) is 1.26. The van der Waals surface area contributed by atoms with Gasteiger partial charge in [-0.15, -0.1) is 0 Å². The van der Waals surface area contributed by atoms with Crippen LogP contribution >= 0.6 is 0 Å². The van der Waals surface area contributed by atoms with Crippen LogP contribution in [0.2, 0.25) is 0 Å². The van der Waals surface area contributed by atoms with Gasteiger partial charge in [-0.2, -0.15) is 0 Å². The normalized spacial score (nSPS) is 20.1. The minimum Gasteiger partial charge on any atom is -0.391 e. The molecule has 4 nitrogen and oxygen atoms in total. The standard InChI is InChI=1S/C11H23NO3S/c1-2-3-8-16(14,15)12-9-11(13)10-6-4-5-7-10/h10-13H,2-9H2,1H3/t11-/m1/s1. The lowest BCUT2D eigenvalue weighted by Gasteiger charge is -2.18. The van der Waals surface area contributed by atoms with E-state index in [0.29, 0.717) is 6.42 Å². The van der Waals surface area contributed by atoms with E-state index in [2.05, 4.69) is 4.72 Å². The number of nitrogens with one attached hydrogen (secondary N) is 1. The molecule has 0 saturated heterocycles. The molecule has 1 rings (SSSR count). The van der Waals surface area contributed by atoms with E-state index in [1.54, 1.807) is 0 Å². The SMILES string of the molecule is CCCCS(=O)(=O)NC[C@@H](O)C1CCCC1. The Hall–Kier alpha value is -0.130. The van der Waals surface area contributed by atoms with Crippen LogP contribution in [-0.4, -0.2) is 31.9 Å². The van der Waals surface area contributed by atoms with Gasteiger partial charge in [0.1, 0.15) is 0 Å². The first-order valence-corrected chi connectivity index (χ1v) is 7.86. The zero-order valence-corrected chi connectivity index (χ0v) is 10.8. The first-order chi connectivity index (χ1) is 7.55. The van der Waals surface area contributed by atoms with Crippen LogP contribution in [0.25, 0.3) is 0 Å². The number of sulfonamides is 1. The number of unbranched alkanes of at least 4 members (excludes halogenated alkanes) is 1. The Morgan fingerprint density at radius 3 is 2.56 bits per heavy atom. The van der Waals surface area contributed by atoms with E-state index in [0.717, 1.165) is 32.1 Å². The van der Waals surface area contributed by atoms with Crippen molar-refractivity contribution in [3.8, 4) is 0 Å². The van der Waals surface area contributed by atoms with E-state index >= 15 is 0 Å². The molecule has 1 aliphatic rings. The number of rotatable bonds is 7. The summed E-state index contributed by atoms with van der Waals surface area (Å²) in [6.07, 6.45) is 5.39. The van der Waals surface area contributed by atoms with Crippen LogP contribution in [0.5, 0.6) is 0 Å². The smallest absolute Gasteiger partial charge is 0.211 e. The van der Waals surface area contributed by atoms with Crippen molar-refractivity contribution in [2.45, 2.75) is 51.6 Å². The zero-order chi connectivity index (χ0) is 12.0. The molecular formula is C11H23NO3S. The summed E-state index contributed by atoms with van der Waals surface area (Å²) in [5.41, 5.74) is 0. The molecule has 0 aromatic heterocycles. The summed E-state index contributed by atoms with van der Waals surface area (Å²) in [5, 5.41) is 9.81. The molecule has 1 aliphatic carbocycles. The largest absolute Gasteiger partial charge is 0.391 e. The molecule has 1 atom stereocenters. The van der Waals surface area contributed by atoms with Gasteiger partial charge in [-0.3, -0.25) is 0 Å². The van der Waals surface area contributed by atoms with Crippen LogP contribution in [0.1, 0.15) is 45.4 Å². The van der Waals surface area contributed by atoms with Gasteiger partial charge in [0.25, 0.3) is 0 Å². The van der Waals surface area contributed by atoms with Gasteiger partial charge in [-0.25, -0.2) is 13.1 Å². The highest BCUT2D eigenvalue weighted by Crippen LogP contribution is 2.27.